The molecule has 0 radical (unpaired) electrons. The first-order valence-electron chi connectivity index (χ1n) is 8.74. The van der Waals surface area contributed by atoms with Gasteiger partial charge in [-0.2, -0.15) is 13.2 Å². The van der Waals surface area contributed by atoms with E-state index in [9.17, 15) is 18.3 Å². The summed E-state index contributed by atoms with van der Waals surface area (Å²) in [5.74, 6) is 0. The number of aliphatic hydroxyl groups is 1. The number of alkyl halides is 3. The number of hydrogen-bond donors (Lipinski definition) is 2. The van der Waals surface area contributed by atoms with Crippen LogP contribution in [0.25, 0.3) is 11.3 Å². The molecule has 0 saturated carbocycles. The van der Waals surface area contributed by atoms with Gasteiger partial charge < -0.3 is 10.4 Å². The summed E-state index contributed by atoms with van der Waals surface area (Å²) >= 11 is 0. The van der Waals surface area contributed by atoms with Gasteiger partial charge in [-0.15, -0.1) is 0 Å². The lowest BCUT2D eigenvalue weighted by molar-refractivity contribution is -0.144. The molecule has 2 N–H and O–H groups in total. The lowest BCUT2D eigenvalue weighted by Gasteiger charge is -2.27. The average molecular weight is 366 g/mol. The summed E-state index contributed by atoms with van der Waals surface area (Å²) < 4.78 is 40.8. The normalized spacial score (nSPS) is 14.3. The van der Waals surface area contributed by atoms with Gasteiger partial charge in [-0.3, -0.25) is 0 Å². The summed E-state index contributed by atoms with van der Waals surface area (Å²) in [4.78, 5) is 3.84. The molecule has 3 nitrogen and oxygen atoms in total. The maximum Gasteiger partial charge on any atom is 0.433 e. The first-order valence-corrected chi connectivity index (χ1v) is 8.74. The highest BCUT2D eigenvalue weighted by Gasteiger charge is 2.40. The van der Waals surface area contributed by atoms with Crippen LogP contribution in [0.1, 0.15) is 43.5 Å². The fourth-order valence-corrected chi connectivity index (χ4v) is 2.72. The average Bonchev–Trinajstić information content (AvgIpc) is 2.58. The van der Waals surface area contributed by atoms with Crippen LogP contribution in [0.3, 0.4) is 0 Å². The molecule has 0 saturated heterocycles. The van der Waals surface area contributed by atoms with Crippen LogP contribution in [-0.2, 0) is 11.8 Å². The van der Waals surface area contributed by atoms with Crippen LogP contribution in [-0.4, -0.2) is 23.2 Å². The van der Waals surface area contributed by atoms with Crippen molar-refractivity contribution in [1.82, 2.24) is 10.3 Å². The zero-order chi connectivity index (χ0) is 19.4. The summed E-state index contributed by atoms with van der Waals surface area (Å²) in [7, 11) is 0. The number of aryl methyl sites for hydroxylation is 1. The van der Waals surface area contributed by atoms with Crippen LogP contribution in [0.5, 0.6) is 0 Å². The van der Waals surface area contributed by atoms with E-state index in [1.165, 1.54) is 19.1 Å². The van der Waals surface area contributed by atoms with Gasteiger partial charge in [-0.1, -0.05) is 49.2 Å². The van der Waals surface area contributed by atoms with Gasteiger partial charge in [-0.25, -0.2) is 4.98 Å². The zero-order valence-electron chi connectivity index (χ0n) is 15.3. The van der Waals surface area contributed by atoms with Gasteiger partial charge in [-0.05, 0) is 32.9 Å². The molecule has 26 heavy (non-hydrogen) atoms. The molecule has 0 aliphatic heterocycles. The van der Waals surface area contributed by atoms with E-state index in [0.29, 0.717) is 12.1 Å². The molecule has 0 bridgehead atoms. The van der Waals surface area contributed by atoms with Crippen LogP contribution >= 0.6 is 0 Å². The number of halogens is 3. The fourth-order valence-electron chi connectivity index (χ4n) is 2.72. The van der Waals surface area contributed by atoms with Gasteiger partial charge in [0.1, 0.15) is 5.60 Å². The Morgan fingerprint density at radius 1 is 1.08 bits per heavy atom. The Bertz CT molecular complexity index is 725. The topological polar surface area (TPSA) is 45.1 Å². The number of rotatable bonds is 7. The summed E-state index contributed by atoms with van der Waals surface area (Å²) in [6.07, 6.45) is -2.79. The molecular weight excluding hydrogens is 341 g/mol. The van der Waals surface area contributed by atoms with Gasteiger partial charge >= 0.3 is 6.18 Å². The summed E-state index contributed by atoms with van der Waals surface area (Å²) in [6.45, 7) is 5.98. The van der Waals surface area contributed by atoms with Crippen molar-refractivity contribution in [2.24, 2.45) is 0 Å². The number of nitrogens with zero attached hydrogens (tertiary/aromatic N) is 1. The largest absolute Gasteiger partial charge is 0.433 e. The minimum absolute atomic E-state index is 0.0294. The molecule has 6 heteroatoms. The Kier molecular flexibility index (Phi) is 6.42. The first kappa shape index (κ1) is 20.4. The maximum absolute atomic E-state index is 13.6. The predicted molar refractivity (Wildman–Crippen MR) is 96.8 cm³/mol. The lowest BCUT2D eigenvalue weighted by Crippen LogP contribution is -2.38. The molecular formula is C20H25F3N2O. The van der Waals surface area contributed by atoms with E-state index in [0.717, 1.165) is 18.4 Å². The molecule has 0 aliphatic carbocycles. The monoisotopic (exact) mass is 366 g/mol. The molecule has 1 atom stereocenters. The van der Waals surface area contributed by atoms with Crippen LogP contribution in [0.4, 0.5) is 13.2 Å². The van der Waals surface area contributed by atoms with Crippen LogP contribution in [0.2, 0.25) is 0 Å². The molecule has 2 rings (SSSR count). The van der Waals surface area contributed by atoms with Crippen molar-refractivity contribution in [2.75, 3.05) is 13.1 Å². The van der Waals surface area contributed by atoms with E-state index in [2.05, 4.69) is 10.3 Å². The third-order valence-corrected chi connectivity index (χ3v) is 4.27. The Morgan fingerprint density at radius 3 is 2.31 bits per heavy atom. The highest BCUT2D eigenvalue weighted by Crippen LogP contribution is 2.36. The van der Waals surface area contributed by atoms with E-state index in [4.69, 9.17) is 0 Å². The molecule has 142 valence electrons. The fraction of sp³-hybridized carbons (Fsp3) is 0.450. The van der Waals surface area contributed by atoms with Gasteiger partial charge in [0.05, 0.1) is 5.69 Å². The van der Waals surface area contributed by atoms with E-state index < -0.39 is 17.5 Å². The standard InChI is InChI=1S/C20H25F3N2O/c1-4-5-12-24-13-19(3,26)16-10-11-17(25-18(16)20(21,22)23)15-8-6-14(2)7-9-15/h6-11,24,26H,4-5,12-13H2,1-3H3/t19-/m0/s1. The summed E-state index contributed by atoms with van der Waals surface area (Å²) in [5, 5.41) is 13.6. The second-order valence-corrected chi connectivity index (χ2v) is 6.76. The molecule has 0 fully saturated rings. The number of hydrogen-bond acceptors (Lipinski definition) is 3. The van der Waals surface area contributed by atoms with E-state index in [1.54, 1.807) is 12.1 Å². The Morgan fingerprint density at radius 2 is 1.73 bits per heavy atom. The predicted octanol–water partition coefficient (Wildman–Crippen LogP) is 4.67. The van der Waals surface area contributed by atoms with E-state index in [-0.39, 0.29) is 17.8 Å². The third kappa shape index (κ3) is 5.05. The van der Waals surface area contributed by atoms with Crippen molar-refractivity contribution >= 4 is 0 Å². The number of pyridine rings is 1. The quantitative estimate of drug-likeness (QED) is 0.700. The van der Waals surface area contributed by atoms with Crippen molar-refractivity contribution in [3.8, 4) is 11.3 Å². The highest BCUT2D eigenvalue weighted by atomic mass is 19.4. The van der Waals surface area contributed by atoms with Crippen molar-refractivity contribution in [3.05, 3.63) is 53.2 Å². The minimum Gasteiger partial charge on any atom is -0.384 e. The number of benzene rings is 1. The van der Waals surface area contributed by atoms with Crippen molar-refractivity contribution in [3.63, 3.8) is 0 Å². The molecule has 0 amide bonds. The smallest absolute Gasteiger partial charge is 0.384 e. The number of aromatic nitrogens is 1. The molecule has 0 unspecified atom stereocenters. The third-order valence-electron chi connectivity index (χ3n) is 4.27. The number of nitrogens with one attached hydrogen (secondary N) is 1. The van der Waals surface area contributed by atoms with Crippen molar-refractivity contribution < 1.29 is 18.3 Å². The SMILES string of the molecule is CCCCNC[C@](C)(O)c1ccc(-c2ccc(C)cc2)nc1C(F)(F)F. The summed E-state index contributed by atoms with van der Waals surface area (Å²) in [5.41, 5.74) is -1.08. The van der Waals surface area contributed by atoms with E-state index >= 15 is 0 Å². The van der Waals surface area contributed by atoms with Crippen LogP contribution in [0, 0.1) is 6.92 Å². The second-order valence-electron chi connectivity index (χ2n) is 6.76. The van der Waals surface area contributed by atoms with Gasteiger partial charge in [0.15, 0.2) is 5.69 Å². The maximum atomic E-state index is 13.6. The van der Waals surface area contributed by atoms with Crippen molar-refractivity contribution in [2.45, 2.75) is 45.4 Å². The molecule has 1 heterocycles. The molecule has 0 spiro atoms. The van der Waals surface area contributed by atoms with E-state index in [1.807, 2.05) is 26.0 Å². The molecule has 1 aromatic carbocycles. The van der Waals surface area contributed by atoms with Crippen LogP contribution < -0.4 is 5.32 Å². The molecule has 1 aromatic heterocycles. The summed E-state index contributed by atoms with van der Waals surface area (Å²) in [6, 6.07) is 9.98. The molecule has 2 aromatic rings. The first-order chi connectivity index (χ1) is 12.1. The zero-order valence-corrected chi connectivity index (χ0v) is 15.3. The Balaban J connectivity index is 2.38. The Hall–Kier alpha value is -1.92. The van der Waals surface area contributed by atoms with Gasteiger partial charge in [0.2, 0.25) is 0 Å². The lowest BCUT2D eigenvalue weighted by atomic mass is 9.93. The van der Waals surface area contributed by atoms with Crippen LogP contribution in [0.15, 0.2) is 36.4 Å². The second kappa shape index (κ2) is 8.18. The Labute approximate surface area is 152 Å². The van der Waals surface area contributed by atoms with Crippen molar-refractivity contribution in [1.29, 1.82) is 0 Å². The minimum atomic E-state index is -4.65. The molecule has 0 aliphatic rings. The highest BCUT2D eigenvalue weighted by molar-refractivity contribution is 5.60. The van der Waals surface area contributed by atoms with Gasteiger partial charge in [0, 0.05) is 17.7 Å². The number of unbranched alkanes of at least 4 members (excludes halogenated alkanes) is 1. The van der Waals surface area contributed by atoms with Gasteiger partial charge in [0.25, 0.3) is 0 Å².